The molecule has 0 amide bonds. The van der Waals surface area contributed by atoms with E-state index in [2.05, 4.69) is 13.5 Å². The first kappa shape index (κ1) is 18.9. The second-order valence-electron chi connectivity index (χ2n) is 6.23. The fraction of sp³-hybridized carbons (Fsp3) is 0.600. The van der Waals surface area contributed by atoms with Gasteiger partial charge in [-0.1, -0.05) is 81.9 Å². The average molecular weight is 304 g/mol. The minimum Gasteiger partial charge on any atom is -0.390 e. The van der Waals surface area contributed by atoms with Crippen molar-refractivity contribution < 1.29 is 9.84 Å². The van der Waals surface area contributed by atoms with Crippen LogP contribution in [0.4, 0.5) is 0 Å². The Labute approximate surface area is 136 Å². The second kappa shape index (κ2) is 10.6. The molecule has 0 aliphatic heterocycles. The summed E-state index contributed by atoms with van der Waals surface area (Å²) in [5, 5.41) is 10.5. The van der Waals surface area contributed by atoms with Crippen LogP contribution in [0.3, 0.4) is 0 Å². The lowest BCUT2D eigenvalue weighted by Crippen LogP contribution is -2.40. The first-order valence-electron chi connectivity index (χ1n) is 8.62. The number of aliphatic hydroxyl groups excluding tert-OH is 1. The van der Waals surface area contributed by atoms with Crippen LogP contribution in [0.5, 0.6) is 0 Å². The Morgan fingerprint density at radius 2 is 1.77 bits per heavy atom. The highest BCUT2D eigenvalue weighted by atomic mass is 16.5. The lowest BCUT2D eigenvalue weighted by Gasteiger charge is -2.32. The topological polar surface area (TPSA) is 29.5 Å². The molecule has 0 radical (unpaired) electrons. The highest BCUT2D eigenvalue weighted by Gasteiger charge is 2.30. The Morgan fingerprint density at radius 3 is 2.41 bits per heavy atom. The summed E-state index contributed by atoms with van der Waals surface area (Å²) in [4.78, 5) is 0. The summed E-state index contributed by atoms with van der Waals surface area (Å²) in [6, 6.07) is 10.0. The number of hydrogen-bond donors (Lipinski definition) is 1. The first-order valence-corrected chi connectivity index (χ1v) is 8.62. The molecule has 2 nitrogen and oxygen atoms in total. The van der Waals surface area contributed by atoms with Crippen LogP contribution >= 0.6 is 0 Å². The molecule has 1 aromatic carbocycles. The van der Waals surface area contributed by atoms with E-state index in [1.54, 1.807) is 6.08 Å². The quantitative estimate of drug-likeness (QED) is 0.421. The lowest BCUT2D eigenvalue weighted by atomic mass is 9.93. The molecule has 0 heterocycles. The predicted octanol–water partition coefficient (Wildman–Crippen LogP) is 5.26. The van der Waals surface area contributed by atoms with Crippen molar-refractivity contribution in [3.05, 3.63) is 48.6 Å². The summed E-state index contributed by atoms with van der Waals surface area (Å²) in [5.74, 6) is 0. The van der Waals surface area contributed by atoms with Crippen molar-refractivity contribution in [1.29, 1.82) is 0 Å². The van der Waals surface area contributed by atoms with Gasteiger partial charge in [0.2, 0.25) is 0 Å². The van der Waals surface area contributed by atoms with Gasteiger partial charge in [-0.15, -0.1) is 6.58 Å². The molecule has 0 spiro atoms. The third kappa shape index (κ3) is 6.76. The molecule has 0 aromatic heterocycles. The summed E-state index contributed by atoms with van der Waals surface area (Å²) in [5.41, 5.74) is 0.432. The molecular weight excluding hydrogens is 272 g/mol. The van der Waals surface area contributed by atoms with Gasteiger partial charge in [0.05, 0.1) is 12.7 Å². The van der Waals surface area contributed by atoms with Gasteiger partial charge in [0, 0.05) is 0 Å². The predicted molar refractivity (Wildman–Crippen MR) is 93.8 cm³/mol. The molecule has 0 saturated heterocycles. The van der Waals surface area contributed by atoms with E-state index in [1.807, 2.05) is 37.3 Å². The molecule has 22 heavy (non-hydrogen) atoms. The molecule has 2 heteroatoms. The number of hydrogen-bond acceptors (Lipinski definition) is 2. The fourth-order valence-electron chi connectivity index (χ4n) is 2.51. The summed E-state index contributed by atoms with van der Waals surface area (Å²) in [7, 11) is 0. The molecule has 1 aromatic rings. The Morgan fingerprint density at radius 1 is 1.14 bits per heavy atom. The third-order valence-electron chi connectivity index (χ3n) is 4.29. The molecule has 0 aliphatic rings. The van der Waals surface area contributed by atoms with Crippen molar-refractivity contribution in [1.82, 2.24) is 0 Å². The van der Waals surface area contributed by atoms with Gasteiger partial charge in [-0.05, 0) is 18.9 Å². The van der Waals surface area contributed by atoms with Crippen molar-refractivity contribution in [2.75, 3.05) is 0 Å². The molecular formula is C20H32O2. The fourth-order valence-corrected chi connectivity index (χ4v) is 2.51. The summed E-state index contributed by atoms with van der Waals surface area (Å²) in [6.07, 6.45) is 9.37. The maximum atomic E-state index is 10.5. The SMILES string of the molecule is C=C[C@@](C)(OCc1ccccc1)[C@@H](O)CCCCCCCC. The van der Waals surface area contributed by atoms with Gasteiger partial charge >= 0.3 is 0 Å². The van der Waals surface area contributed by atoms with Gasteiger partial charge in [-0.2, -0.15) is 0 Å². The maximum Gasteiger partial charge on any atom is 0.109 e. The molecule has 0 unspecified atom stereocenters. The van der Waals surface area contributed by atoms with Crippen LogP contribution in [0.15, 0.2) is 43.0 Å². The molecule has 1 N–H and O–H groups in total. The normalized spacial score (nSPS) is 15.2. The van der Waals surface area contributed by atoms with E-state index in [9.17, 15) is 5.11 Å². The molecule has 0 bridgehead atoms. The zero-order chi connectivity index (χ0) is 16.3. The second-order valence-corrected chi connectivity index (χ2v) is 6.23. The number of rotatable bonds is 12. The van der Waals surface area contributed by atoms with Crippen molar-refractivity contribution in [3.8, 4) is 0 Å². The van der Waals surface area contributed by atoms with Crippen LogP contribution in [0.1, 0.15) is 64.4 Å². The maximum absolute atomic E-state index is 10.5. The zero-order valence-corrected chi connectivity index (χ0v) is 14.3. The van der Waals surface area contributed by atoms with Gasteiger partial charge < -0.3 is 9.84 Å². The number of unbranched alkanes of at least 4 members (excludes halogenated alkanes) is 5. The van der Waals surface area contributed by atoms with Crippen LogP contribution in [-0.4, -0.2) is 16.8 Å². The number of aliphatic hydroxyl groups is 1. The van der Waals surface area contributed by atoms with Gasteiger partial charge in [-0.3, -0.25) is 0 Å². The highest BCUT2D eigenvalue weighted by molar-refractivity contribution is 5.14. The van der Waals surface area contributed by atoms with Crippen LogP contribution in [0, 0.1) is 0 Å². The van der Waals surface area contributed by atoms with Crippen molar-refractivity contribution in [2.45, 2.75) is 77.1 Å². The minimum atomic E-state index is -0.681. The minimum absolute atomic E-state index is 0.497. The smallest absolute Gasteiger partial charge is 0.109 e. The molecule has 0 fully saturated rings. The zero-order valence-electron chi connectivity index (χ0n) is 14.3. The van der Waals surface area contributed by atoms with Gasteiger partial charge in [-0.25, -0.2) is 0 Å². The Hall–Kier alpha value is -1.12. The number of benzene rings is 1. The molecule has 0 aliphatic carbocycles. The summed E-state index contributed by atoms with van der Waals surface area (Å²) >= 11 is 0. The molecule has 2 atom stereocenters. The van der Waals surface area contributed by atoms with Crippen LogP contribution in [-0.2, 0) is 11.3 Å². The van der Waals surface area contributed by atoms with E-state index < -0.39 is 11.7 Å². The highest BCUT2D eigenvalue weighted by Crippen LogP contribution is 2.23. The Kier molecular flexibility index (Phi) is 9.10. The van der Waals surface area contributed by atoms with Crippen molar-refractivity contribution in [3.63, 3.8) is 0 Å². The van der Waals surface area contributed by atoms with E-state index in [-0.39, 0.29) is 0 Å². The van der Waals surface area contributed by atoms with Crippen molar-refractivity contribution in [2.24, 2.45) is 0 Å². The molecule has 1 rings (SSSR count). The summed E-state index contributed by atoms with van der Waals surface area (Å²) < 4.78 is 5.95. The van der Waals surface area contributed by atoms with Gasteiger partial charge in [0.25, 0.3) is 0 Å². The Bertz CT molecular complexity index is 401. The van der Waals surface area contributed by atoms with Crippen molar-refractivity contribution >= 4 is 0 Å². The van der Waals surface area contributed by atoms with Crippen LogP contribution in [0.25, 0.3) is 0 Å². The average Bonchev–Trinajstić information content (AvgIpc) is 2.56. The first-order chi connectivity index (χ1) is 10.6. The molecule has 0 saturated carbocycles. The van der Waals surface area contributed by atoms with E-state index >= 15 is 0 Å². The van der Waals surface area contributed by atoms with Crippen LogP contribution in [0.2, 0.25) is 0 Å². The largest absolute Gasteiger partial charge is 0.390 e. The summed E-state index contributed by atoms with van der Waals surface area (Å²) in [6.45, 7) is 8.49. The molecule has 124 valence electrons. The Balaban J connectivity index is 2.34. The number of ether oxygens (including phenoxy) is 1. The van der Waals surface area contributed by atoms with Gasteiger partial charge in [0.1, 0.15) is 5.60 Å². The lowest BCUT2D eigenvalue weighted by molar-refractivity contribution is -0.0918. The standard InChI is InChI=1S/C20H32O2/c1-4-6-7-8-9-13-16-19(21)20(3,5-2)22-17-18-14-11-10-12-15-18/h5,10-12,14-15,19,21H,2,4,6-9,13,16-17H2,1,3H3/t19-,20+/m0/s1. The van der Waals surface area contributed by atoms with Gasteiger partial charge in [0.15, 0.2) is 0 Å². The van der Waals surface area contributed by atoms with E-state index in [1.165, 1.54) is 32.1 Å². The van der Waals surface area contributed by atoms with E-state index in [4.69, 9.17) is 4.74 Å². The van der Waals surface area contributed by atoms with E-state index in [0.717, 1.165) is 18.4 Å². The van der Waals surface area contributed by atoms with Crippen LogP contribution < -0.4 is 0 Å². The third-order valence-corrected chi connectivity index (χ3v) is 4.29. The monoisotopic (exact) mass is 304 g/mol. The van der Waals surface area contributed by atoms with E-state index in [0.29, 0.717) is 6.61 Å².